The number of hydrogen-bond acceptors (Lipinski definition) is 6. The number of esters is 2. The van der Waals surface area contributed by atoms with E-state index < -0.39 is 36.0 Å². The van der Waals surface area contributed by atoms with Crippen LogP contribution < -0.4 is 0 Å². The van der Waals surface area contributed by atoms with Crippen molar-refractivity contribution in [3.8, 4) is 0 Å². The van der Waals surface area contributed by atoms with E-state index in [4.69, 9.17) is 9.47 Å². The standard InChI is InChI=1S/C35H50FNO6/c1-22(2)24-12-14-26(15-13-24)32(39)37-18-17-27(25-9-7-6-8-10-25)31(37)30(38)20-23-11-16-28(29(36)19-23)33(40)42-21-43-34(41)35(3,4)5/h11,16,19,22,24-27,31H,6-10,12-15,17-18,20-21H2,1-5H3/t24?,26?,27-,31-/m0/s1. The topological polar surface area (TPSA) is 90.0 Å². The molecule has 2 atom stereocenters. The maximum Gasteiger partial charge on any atom is 0.344 e. The lowest BCUT2D eigenvalue weighted by atomic mass is 9.74. The van der Waals surface area contributed by atoms with E-state index in [1.165, 1.54) is 18.6 Å². The Morgan fingerprint density at radius 1 is 0.930 bits per heavy atom. The number of ether oxygens (including phenoxy) is 2. The summed E-state index contributed by atoms with van der Waals surface area (Å²) in [6, 6.07) is 3.57. The van der Waals surface area contributed by atoms with Gasteiger partial charge in [0.05, 0.1) is 17.0 Å². The van der Waals surface area contributed by atoms with Crippen molar-refractivity contribution in [2.24, 2.45) is 35.0 Å². The largest absolute Gasteiger partial charge is 0.427 e. The van der Waals surface area contributed by atoms with Crippen LogP contribution >= 0.6 is 0 Å². The van der Waals surface area contributed by atoms with E-state index in [0.717, 1.165) is 57.8 Å². The van der Waals surface area contributed by atoms with Gasteiger partial charge in [-0.2, -0.15) is 0 Å². The number of halogens is 1. The van der Waals surface area contributed by atoms with Crippen LogP contribution in [0.3, 0.4) is 0 Å². The fourth-order valence-electron chi connectivity index (χ4n) is 7.37. The number of hydrogen-bond donors (Lipinski definition) is 0. The molecule has 8 heteroatoms. The van der Waals surface area contributed by atoms with Crippen LogP contribution in [0.5, 0.6) is 0 Å². The van der Waals surface area contributed by atoms with Gasteiger partial charge in [0, 0.05) is 18.9 Å². The van der Waals surface area contributed by atoms with E-state index in [0.29, 0.717) is 29.9 Å². The molecule has 2 aliphatic carbocycles. The second-order valence-corrected chi connectivity index (χ2v) is 14.4. The lowest BCUT2D eigenvalue weighted by Crippen LogP contribution is -2.48. The molecule has 7 nitrogen and oxygen atoms in total. The molecular weight excluding hydrogens is 549 g/mol. The van der Waals surface area contributed by atoms with E-state index in [1.807, 2.05) is 4.90 Å². The summed E-state index contributed by atoms with van der Waals surface area (Å²) in [5.74, 6) is -0.411. The van der Waals surface area contributed by atoms with Crippen LogP contribution in [-0.2, 0) is 30.3 Å². The predicted octanol–water partition coefficient (Wildman–Crippen LogP) is 6.90. The lowest BCUT2D eigenvalue weighted by Gasteiger charge is -2.37. The molecule has 1 heterocycles. The Morgan fingerprint density at radius 2 is 1.60 bits per heavy atom. The molecule has 0 radical (unpaired) electrons. The molecule has 0 unspecified atom stereocenters. The molecule has 4 rings (SSSR count). The number of ketones is 1. The van der Waals surface area contributed by atoms with Crippen LogP contribution in [0, 0.1) is 40.8 Å². The average Bonchev–Trinajstić information content (AvgIpc) is 3.42. The van der Waals surface area contributed by atoms with E-state index >= 15 is 4.39 Å². The van der Waals surface area contributed by atoms with Crippen molar-refractivity contribution in [2.45, 2.75) is 111 Å². The maximum atomic E-state index is 15.0. The zero-order valence-electron chi connectivity index (χ0n) is 26.7. The number of carbonyl (C=O) groups is 4. The fraction of sp³-hybridized carbons (Fsp3) is 0.714. The summed E-state index contributed by atoms with van der Waals surface area (Å²) in [5, 5.41) is 0. The summed E-state index contributed by atoms with van der Waals surface area (Å²) in [5.41, 5.74) is -0.593. The highest BCUT2D eigenvalue weighted by atomic mass is 19.1. The molecule has 0 aromatic heterocycles. The molecule has 1 amide bonds. The Kier molecular flexibility index (Phi) is 11.0. The molecule has 1 saturated heterocycles. The first kappa shape index (κ1) is 33.1. The fourth-order valence-corrected chi connectivity index (χ4v) is 7.37. The van der Waals surface area contributed by atoms with Gasteiger partial charge in [0.15, 0.2) is 5.78 Å². The minimum atomic E-state index is -0.950. The normalized spacial score (nSPS) is 25.0. The van der Waals surface area contributed by atoms with Crippen molar-refractivity contribution in [3.63, 3.8) is 0 Å². The summed E-state index contributed by atoms with van der Waals surface area (Å²) < 4.78 is 24.9. The summed E-state index contributed by atoms with van der Waals surface area (Å²) in [7, 11) is 0. The third-order valence-electron chi connectivity index (χ3n) is 10.0. The Hall–Kier alpha value is -2.77. The molecule has 43 heavy (non-hydrogen) atoms. The molecule has 0 bridgehead atoms. The molecule has 1 aromatic carbocycles. The minimum absolute atomic E-state index is 0.00675. The van der Waals surface area contributed by atoms with Gasteiger partial charge < -0.3 is 14.4 Å². The Morgan fingerprint density at radius 3 is 2.21 bits per heavy atom. The van der Waals surface area contributed by atoms with E-state index in [1.54, 1.807) is 26.8 Å². The monoisotopic (exact) mass is 599 g/mol. The first-order valence-electron chi connectivity index (χ1n) is 16.3. The van der Waals surface area contributed by atoms with Crippen molar-refractivity contribution in [1.29, 1.82) is 0 Å². The molecule has 1 aliphatic heterocycles. The number of amides is 1. The van der Waals surface area contributed by atoms with Crippen LogP contribution in [0.4, 0.5) is 4.39 Å². The van der Waals surface area contributed by atoms with E-state index in [2.05, 4.69) is 13.8 Å². The maximum absolute atomic E-state index is 15.0. The Balaban J connectivity index is 1.44. The van der Waals surface area contributed by atoms with Crippen LogP contribution in [0.1, 0.15) is 115 Å². The zero-order valence-corrected chi connectivity index (χ0v) is 26.7. The zero-order chi connectivity index (χ0) is 31.3. The number of likely N-dealkylation sites (tertiary alicyclic amines) is 1. The lowest BCUT2D eigenvalue weighted by molar-refractivity contribution is -0.161. The highest BCUT2D eigenvalue weighted by Crippen LogP contribution is 2.42. The van der Waals surface area contributed by atoms with Gasteiger partial charge in [0.1, 0.15) is 5.82 Å². The van der Waals surface area contributed by atoms with E-state index in [-0.39, 0.29) is 35.5 Å². The minimum Gasteiger partial charge on any atom is -0.427 e. The molecular formula is C35H50FNO6. The number of rotatable bonds is 9. The number of benzene rings is 1. The van der Waals surface area contributed by atoms with Crippen molar-refractivity contribution >= 4 is 23.6 Å². The number of nitrogens with zero attached hydrogens (tertiary/aromatic N) is 1. The molecule has 0 N–H and O–H groups in total. The Labute approximate surface area is 256 Å². The summed E-state index contributed by atoms with van der Waals surface area (Å²) in [6.45, 7) is 9.52. The average molecular weight is 600 g/mol. The highest BCUT2D eigenvalue weighted by molar-refractivity contribution is 5.93. The molecule has 238 valence electrons. The van der Waals surface area contributed by atoms with Gasteiger partial charge in [0.25, 0.3) is 0 Å². The number of carbonyl (C=O) groups excluding carboxylic acids is 4. The van der Waals surface area contributed by atoms with Gasteiger partial charge in [-0.05, 0) is 94.2 Å². The summed E-state index contributed by atoms with van der Waals surface area (Å²) in [4.78, 5) is 54.0. The summed E-state index contributed by atoms with van der Waals surface area (Å²) >= 11 is 0. The van der Waals surface area contributed by atoms with Gasteiger partial charge in [-0.25, -0.2) is 9.18 Å². The first-order chi connectivity index (χ1) is 20.4. The molecule has 1 aromatic rings. The molecule has 3 fully saturated rings. The van der Waals surface area contributed by atoms with Gasteiger partial charge >= 0.3 is 11.9 Å². The smallest absolute Gasteiger partial charge is 0.344 e. The van der Waals surface area contributed by atoms with Gasteiger partial charge in [-0.1, -0.05) is 52.0 Å². The van der Waals surface area contributed by atoms with Crippen molar-refractivity contribution in [3.05, 3.63) is 35.1 Å². The molecule has 3 aliphatic rings. The first-order valence-corrected chi connectivity index (χ1v) is 16.3. The Bertz CT molecular complexity index is 1160. The SMILES string of the molecule is CC(C)C1CCC(C(=O)N2CC[C@@H](C3CCCCC3)[C@H]2C(=O)Cc2ccc(C(=O)OCOC(=O)C(C)(C)C)c(F)c2)CC1. The highest BCUT2D eigenvalue weighted by Gasteiger charge is 2.46. The second-order valence-electron chi connectivity index (χ2n) is 14.4. The van der Waals surface area contributed by atoms with Gasteiger partial charge in [-0.3, -0.25) is 14.4 Å². The van der Waals surface area contributed by atoms with Crippen LogP contribution in [-0.4, -0.2) is 47.9 Å². The van der Waals surface area contributed by atoms with Crippen molar-refractivity contribution < 1.29 is 33.0 Å². The predicted molar refractivity (Wildman–Crippen MR) is 161 cm³/mol. The van der Waals surface area contributed by atoms with Gasteiger partial charge in [0.2, 0.25) is 12.7 Å². The second kappa shape index (κ2) is 14.3. The molecule has 0 spiro atoms. The molecule has 2 saturated carbocycles. The van der Waals surface area contributed by atoms with Gasteiger partial charge in [-0.15, -0.1) is 0 Å². The summed E-state index contributed by atoms with van der Waals surface area (Å²) in [6.07, 6.45) is 10.4. The van der Waals surface area contributed by atoms with Crippen LogP contribution in [0.2, 0.25) is 0 Å². The third kappa shape index (κ3) is 8.24. The third-order valence-corrected chi connectivity index (χ3v) is 10.0. The van der Waals surface area contributed by atoms with Crippen LogP contribution in [0.25, 0.3) is 0 Å². The van der Waals surface area contributed by atoms with Crippen molar-refractivity contribution in [1.82, 2.24) is 4.90 Å². The van der Waals surface area contributed by atoms with Crippen molar-refractivity contribution in [2.75, 3.05) is 13.3 Å². The number of Topliss-reactive ketones (excluding diaryl/α,β-unsaturated/α-hetero) is 1. The quantitative estimate of drug-likeness (QED) is 0.227. The van der Waals surface area contributed by atoms with Crippen LogP contribution in [0.15, 0.2) is 18.2 Å². The van der Waals surface area contributed by atoms with E-state index in [9.17, 15) is 19.2 Å².